The molecule has 0 saturated carbocycles. The molecule has 1 rings (SSSR count). The van der Waals surface area contributed by atoms with Crippen LogP contribution in [0.15, 0.2) is 18.6 Å². The first-order valence-corrected chi connectivity index (χ1v) is 4.43. The Hall–Kier alpha value is -1.49. The van der Waals surface area contributed by atoms with E-state index < -0.39 is 6.04 Å². The van der Waals surface area contributed by atoms with Gasteiger partial charge in [-0.15, -0.1) is 0 Å². The van der Waals surface area contributed by atoms with Crippen LogP contribution in [0.1, 0.15) is 25.6 Å². The molecule has 1 amide bonds. The van der Waals surface area contributed by atoms with Crippen molar-refractivity contribution in [1.29, 1.82) is 0 Å². The summed E-state index contributed by atoms with van der Waals surface area (Å²) >= 11 is 0. The molecule has 5 heteroatoms. The molecule has 1 unspecified atom stereocenters. The minimum Gasteiger partial charge on any atom is -0.347 e. The lowest BCUT2D eigenvalue weighted by molar-refractivity contribution is -0.122. The van der Waals surface area contributed by atoms with E-state index in [0.29, 0.717) is 0 Å². The number of rotatable bonds is 3. The van der Waals surface area contributed by atoms with Crippen LogP contribution in [-0.2, 0) is 4.79 Å². The van der Waals surface area contributed by atoms with Crippen LogP contribution >= 0.6 is 0 Å². The fourth-order valence-electron chi connectivity index (χ4n) is 0.953. The predicted octanol–water partition coefficient (Wildman–Crippen LogP) is 0.001000. The van der Waals surface area contributed by atoms with Gasteiger partial charge in [0.05, 0.1) is 24.0 Å². The highest BCUT2D eigenvalue weighted by molar-refractivity contribution is 5.81. The van der Waals surface area contributed by atoms with Crippen LogP contribution in [-0.4, -0.2) is 21.9 Å². The molecule has 0 aliphatic rings. The molecule has 76 valence electrons. The number of hydrogen-bond acceptors (Lipinski definition) is 4. The summed E-state index contributed by atoms with van der Waals surface area (Å²) in [6, 6.07) is -0.670. The normalized spacial score (nSPS) is 14.5. The molecule has 1 aromatic heterocycles. The molecule has 0 radical (unpaired) electrons. The molecule has 14 heavy (non-hydrogen) atoms. The Morgan fingerprint density at radius 1 is 1.50 bits per heavy atom. The van der Waals surface area contributed by atoms with Gasteiger partial charge < -0.3 is 11.1 Å². The van der Waals surface area contributed by atoms with Crippen LogP contribution < -0.4 is 11.1 Å². The van der Waals surface area contributed by atoms with Gasteiger partial charge in [-0.2, -0.15) is 0 Å². The van der Waals surface area contributed by atoms with Crippen molar-refractivity contribution < 1.29 is 4.79 Å². The van der Waals surface area contributed by atoms with Gasteiger partial charge in [0, 0.05) is 12.4 Å². The molecular weight excluding hydrogens is 180 g/mol. The summed E-state index contributed by atoms with van der Waals surface area (Å²) in [5, 5.41) is 2.73. The standard InChI is InChI=1S/C9H14N4O/c1-6(10)9(14)13-7(2)8-5-11-3-4-12-8/h3-7H,10H2,1-2H3,(H,13,14)/t6?,7-/m0/s1. The number of nitrogens with one attached hydrogen (secondary N) is 1. The first kappa shape index (κ1) is 10.6. The van der Waals surface area contributed by atoms with Crippen molar-refractivity contribution in [3.8, 4) is 0 Å². The minimum atomic E-state index is -0.505. The maximum Gasteiger partial charge on any atom is 0.237 e. The third-order valence-electron chi connectivity index (χ3n) is 1.80. The second-order valence-corrected chi connectivity index (χ2v) is 3.15. The zero-order valence-corrected chi connectivity index (χ0v) is 8.27. The molecule has 0 spiro atoms. The van der Waals surface area contributed by atoms with Crippen LogP contribution in [0.25, 0.3) is 0 Å². The Balaban J connectivity index is 2.59. The molecule has 0 aliphatic carbocycles. The predicted molar refractivity (Wildman–Crippen MR) is 52.2 cm³/mol. The van der Waals surface area contributed by atoms with E-state index in [2.05, 4.69) is 15.3 Å². The number of hydrogen-bond donors (Lipinski definition) is 2. The van der Waals surface area contributed by atoms with Crippen molar-refractivity contribution in [3.63, 3.8) is 0 Å². The van der Waals surface area contributed by atoms with Gasteiger partial charge in [-0.1, -0.05) is 0 Å². The summed E-state index contributed by atoms with van der Waals surface area (Å²) in [6.07, 6.45) is 4.79. The molecule has 5 nitrogen and oxygen atoms in total. The summed E-state index contributed by atoms with van der Waals surface area (Å²) in [5.41, 5.74) is 6.14. The summed E-state index contributed by atoms with van der Waals surface area (Å²) in [5.74, 6) is -0.192. The molecule has 0 bridgehead atoms. The summed E-state index contributed by atoms with van der Waals surface area (Å²) in [6.45, 7) is 3.48. The number of carbonyl (C=O) groups excluding carboxylic acids is 1. The van der Waals surface area contributed by atoms with Crippen LogP contribution in [0.2, 0.25) is 0 Å². The van der Waals surface area contributed by atoms with Crippen molar-refractivity contribution in [1.82, 2.24) is 15.3 Å². The molecular formula is C9H14N4O. The van der Waals surface area contributed by atoms with Gasteiger partial charge in [0.2, 0.25) is 5.91 Å². The average Bonchev–Trinajstić information content (AvgIpc) is 2.19. The van der Waals surface area contributed by atoms with Crippen molar-refractivity contribution in [2.45, 2.75) is 25.9 Å². The van der Waals surface area contributed by atoms with Crippen LogP contribution in [0, 0.1) is 0 Å². The van der Waals surface area contributed by atoms with E-state index >= 15 is 0 Å². The fourth-order valence-corrected chi connectivity index (χ4v) is 0.953. The van der Waals surface area contributed by atoms with Crippen LogP contribution in [0.5, 0.6) is 0 Å². The highest BCUT2D eigenvalue weighted by Gasteiger charge is 2.13. The van der Waals surface area contributed by atoms with E-state index in [9.17, 15) is 4.79 Å². The third kappa shape index (κ3) is 2.77. The van der Waals surface area contributed by atoms with Crippen molar-refractivity contribution in [2.24, 2.45) is 5.73 Å². The maximum atomic E-state index is 11.2. The molecule has 2 atom stereocenters. The lowest BCUT2D eigenvalue weighted by atomic mass is 10.2. The average molecular weight is 194 g/mol. The SMILES string of the molecule is CC(N)C(=O)N[C@@H](C)c1cnccn1. The van der Waals surface area contributed by atoms with Crippen LogP contribution in [0.3, 0.4) is 0 Å². The molecule has 1 heterocycles. The monoisotopic (exact) mass is 194 g/mol. The first-order valence-electron chi connectivity index (χ1n) is 4.43. The van der Waals surface area contributed by atoms with Gasteiger partial charge in [-0.25, -0.2) is 0 Å². The van der Waals surface area contributed by atoms with E-state index in [1.54, 1.807) is 25.5 Å². The molecule has 0 saturated heterocycles. The third-order valence-corrected chi connectivity index (χ3v) is 1.80. The lowest BCUT2D eigenvalue weighted by Crippen LogP contribution is -2.39. The van der Waals surface area contributed by atoms with Gasteiger partial charge >= 0.3 is 0 Å². The zero-order valence-electron chi connectivity index (χ0n) is 8.27. The maximum absolute atomic E-state index is 11.2. The topological polar surface area (TPSA) is 80.9 Å². The van der Waals surface area contributed by atoms with E-state index in [0.717, 1.165) is 5.69 Å². The molecule has 0 fully saturated rings. The van der Waals surface area contributed by atoms with Crippen LogP contribution in [0.4, 0.5) is 0 Å². The Morgan fingerprint density at radius 2 is 2.21 bits per heavy atom. The van der Waals surface area contributed by atoms with Crippen molar-refractivity contribution >= 4 is 5.91 Å². The largest absolute Gasteiger partial charge is 0.347 e. The first-order chi connectivity index (χ1) is 6.61. The lowest BCUT2D eigenvalue weighted by Gasteiger charge is -2.14. The highest BCUT2D eigenvalue weighted by atomic mass is 16.2. The number of amides is 1. The van der Waals surface area contributed by atoms with E-state index in [1.165, 1.54) is 0 Å². The van der Waals surface area contributed by atoms with Crippen molar-refractivity contribution in [3.05, 3.63) is 24.3 Å². The Bertz CT molecular complexity index is 299. The minimum absolute atomic E-state index is 0.165. The molecule has 3 N–H and O–H groups in total. The Morgan fingerprint density at radius 3 is 2.71 bits per heavy atom. The number of nitrogens with two attached hydrogens (primary N) is 1. The quantitative estimate of drug-likeness (QED) is 0.709. The highest BCUT2D eigenvalue weighted by Crippen LogP contribution is 2.05. The second-order valence-electron chi connectivity index (χ2n) is 3.15. The van der Waals surface area contributed by atoms with Gasteiger partial charge in [0.15, 0.2) is 0 Å². The molecule has 1 aromatic rings. The fraction of sp³-hybridized carbons (Fsp3) is 0.444. The molecule has 0 aliphatic heterocycles. The summed E-state index contributed by atoms with van der Waals surface area (Å²) in [7, 11) is 0. The zero-order chi connectivity index (χ0) is 10.6. The van der Waals surface area contributed by atoms with Gasteiger partial charge in [0.1, 0.15) is 0 Å². The number of carbonyl (C=O) groups is 1. The number of nitrogens with zero attached hydrogens (tertiary/aromatic N) is 2. The summed E-state index contributed by atoms with van der Waals surface area (Å²) in [4.78, 5) is 19.2. The van der Waals surface area contributed by atoms with Crippen molar-refractivity contribution in [2.75, 3.05) is 0 Å². The second kappa shape index (κ2) is 4.66. The smallest absolute Gasteiger partial charge is 0.237 e. The van der Waals surface area contributed by atoms with Gasteiger partial charge in [-0.3, -0.25) is 14.8 Å². The Kier molecular flexibility index (Phi) is 3.53. The summed E-state index contributed by atoms with van der Waals surface area (Å²) < 4.78 is 0. The molecule has 0 aromatic carbocycles. The van der Waals surface area contributed by atoms with E-state index in [4.69, 9.17) is 5.73 Å². The van der Waals surface area contributed by atoms with E-state index in [-0.39, 0.29) is 11.9 Å². The van der Waals surface area contributed by atoms with Gasteiger partial charge in [0.25, 0.3) is 0 Å². The van der Waals surface area contributed by atoms with Gasteiger partial charge in [-0.05, 0) is 13.8 Å². The van der Waals surface area contributed by atoms with E-state index in [1.807, 2.05) is 6.92 Å². The number of aromatic nitrogens is 2. The Labute approximate surface area is 82.7 Å².